The van der Waals surface area contributed by atoms with E-state index in [0.29, 0.717) is 0 Å². The van der Waals surface area contributed by atoms with E-state index in [9.17, 15) is 0 Å². The molecule has 17 heavy (non-hydrogen) atoms. The van der Waals surface area contributed by atoms with Crippen molar-refractivity contribution in [2.75, 3.05) is 11.4 Å². The van der Waals surface area contributed by atoms with Crippen LogP contribution in [-0.4, -0.2) is 12.6 Å². The van der Waals surface area contributed by atoms with Gasteiger partial charge in [-0.15, -0.1) is 0 Å². The summed E-state index contributed by atoms with van der Waals surface area (Å²) in [5.41, 5.74) is 3.47. The second-order valence-corrected chi connectivity index (χ2v) is 5.28. The van der Waals surface area contributed by atoms with Gasteiger partial charge in [0.15, 0.2) is 0 Å². The Labute approximate surface area is 108 Å². The summed E-state index contributed by atoms with van der Waals surface area (Å²) in [5, 5.41) is 9.87. The molecule has 1 saturated heterocycles. The predicted octanol–water partition coefficient (Wildman–Crippen LogP) is 3.70. The molecule has 1 aromatic rings. The van der Waals surface area contributed by atoms with Crippen molar-refractivity contribution >= 4 is 17.3 Å². The summed E-state index contributed by atoms with van der Waals surface area (Å²) in [4.78, 5) is 2.27. The Hall–Kier alpha value is -1.20. The highest BCUT2D eigenvalue weighted by Gasteiger charge is 2.32. The fraction of sp³-hybridized carbons (Fsp3) is 0.500. The number of nitrogens with zero attached hydrogens (tertiary/aromatic N) is 2. The third kappa shape index (κ3) is 2.12. The largest absolute Gasteiger partial charge is 0.366 e. The van der Waals surface area contributed by atoms with E-state index < -0.39 is 0 Å². The Kier molecular flexibility index (Phi) is 3.31. The van der Waals surface area contributed by atoms with Crippen molar-refractivity contribution in [1.82, 2.24) is 0 Å². The monoisotopic (exact) mass is 248 g/mol. The number of anilines is 1. The molecule has 3 heteroatoms. The van der Waals surface area contributed by atoms with Gasteiger partial charge >= 0.3 is 0 Å². The Balaban J connectivity index is 2.40. The molecule has 1 aromatic carbocycles. The predicted molar refractivity (Wildman–Crippen MR) is 71.5 cm³/mol. The van der Waals surface area contributed by atoms with Crippen molar-refractivity contribution < 1.29 is 0 Å². The number of benzene rings is 1. The van der Waals surface area contributed by atoms with E-state index in [-0.39, 0.29) is 12.0 Å². The summed E-state index contributed by atoms with van der Waals surface area (Å²) in [5.74, 6) is 0.117. The molecule has 1 aliphatic rings. The van der Waals surface area contributed by atoms with Gasteiger partial charge in [-0.05, 0) is 44.4 Å². The number of nitriles is 1. The molecule has 2 unspecified atom stereocenters. The lowest BCUT2D eigenvalue weighted by Gasteiger charge is -2.27. The number of aryl methyl sites for hydroxylation is 2. The Morgan fingerprint density at radius 3 is 2.65 bits per heavy atom. The first kappa shape index (κ1) is 12.3. The Morgan fingerprint density at radius 1 is 1.41 bits per heavy atom. The molecule has 1 heterocycles. The van der Waals surface area contributed by atoms with Gasteiger partial charge in [-0.3, -0.25) is 0 Å². The van der Waals surface area contributed by atoms with Gasteiger partial charge in [0.05, 0.1) is 22.7 Å². The van der Waals surface area contributed by atoms with Gasteiger partial charge in [0.25, 0.3) is 0 Å². The van der Waals surface area contributed by atoms with Crippen molar-refractivity contribution in [2.24, 2.45) is 5.92 Å². The van der Waals surface area contributed by atoms with Crippen LogP contribution in [0, 0.1) is 31.1 Å². The quantitative estimate of drug-likeness (QED) is 0.758. The topological polar surface area (TPSA) is 27.0 Å². The lowest BCUT2D eigenvalue weighted by atomic mass is 10.0. The van der Waals surface area contributed by atoms with Crippen LogP contribution in [0.1, 0.15) is 24.5 Å². The van der Waals surface area contributed by atoms with Crippen LogP contribution in [0.3, 0.4) is 0 Å². The van der Waals surface area contributed by atoms with Crippen LogP contribution >= 0.6 is 11.6 Å². The number of rotatable bonds is 1. The molecular formula is C14H17ClN2. The number of hydrogen-bond acceptors (Lipinski definition) is 2. The summed E-state index contributed by atoms with van der Waals surface area (Å²) in [6.45, 7) is 7.16. The highest BCUT2D eigenvalue weighted by Crippen LogP contribution is 2.37. The minimum absolute atomic E-state index is 0.117. The van der Waals surface area contributed by atoms with Crippen molar-refractivity contribution in [3.05, 3.63) is 28.3 Å². The van der Waals surface area contributed by atoms with Crippen molar-refractivity contribution in [1.29, 1.82) is 5.26 Å². The van der Waals surface area contributed by atoms with Crippen molar-refractivity contribution in [2.45, 2.75) is 33.2 Å². The highest BCUT2D eigenvalue weighted by molar-refractivity contribution is 6.33. The normalized spacial score (nSPS) is 23.8. The molecule has 2 nitrogen and oxygen atoms in total. The summed E-state index contributed by atoms with van der Waals surface area (Å²) < 4.78 is 0. The highest BCUT2D eigenvalue weighted by atomic mass is 35.5. The van der Waals surface area contributed by atoms with E-state index in [0.717, 1.165) is 23.7 Å². The first-order chi connectivity index (χ1) is 8.04. The second kappa shape index (κ2) is 4.58. The van der Waals surface area contributed by atoms with Crippen molar-refractivity contribution in [3.8, 4) is 6.07 Å². The van der Waals surface area contributed by atoms with Gasteiger partial charge in [0, 0.05) is 12.6 Å². The summed E-state index contributed by atoms with van der Waals surface area (Å²) in [6, 6.07) is 6.77. The first-order valence-corrected chi connectivity index (χ1v) is 6.35. The maximum absolute atomic E-state index is 9.07. The van der Waals surface area contributed by atoms with Gasteiger partial charge in [-0.25, -0.2) is 0 Å². The second-order valence-electron chi connectivity index (χ2n) is 4.87. The Bertz CT molecular complexity index is 453. The Morgan fingerprint density at radius 2 is 2.12 bits per heavy atom. The van der Waals surface area contributed by atoms with Crippen molar-refractivity contribution in [3.63, 3.8) is 0 Å². The van der Waals surface area contributed by atoms with Gasteiger partial charge in [-0.1, -0.05) is 17.7 Å². The fourth-order valence-electron chi connectivity index (χ4n) is 2.70. The van der Waals surface area contributed by atoms with Crippen LogP contribution in [0.15, 0.2) is 12.1 Å². The molecule has 0 radical (unpaired) electrons. The maximum Gasteiger partial charge on any atom is 0.0681 e. The summed E-state index contributed by atoms with van der Waals surface area (Å²) in [6.07, 6.45) is 0.932. The van der Waals surface area contributed by atoms with Gasteiger partial charge < -0.3 is 4.90 Å². The zero-order chi connectivity index (χ0) is 12.6. The SMILES string of the molecule is Cc1cc(C)c(N2CCC(C#N)C2C)c(Cl)c1. The van der Waals surface area contributed by atoms with Crippen LogP contribution in [0.4, 0.5) is 5.69 Å². The van der Waals surface area contributed by atoms with E-state index in [1.54, 1.807) is 0 Å². The standard InChI is InChI=1S/C14H17ClN2/c1-9-6-10(2)14(13(15)7-9)17-5-4-12(8-16)11(17)3/h6-7,11-12H,4-5H2,1-3H3. The van der Waals surface area contributed by atoms with E-state index >= 15 is 0 Å². The molecule has 0 N–H and O–H groups in total. The van der Waals surface area contributed by atoms with E-state index in [1.807, 2.05) is 13.0 Å². The molecule has 2 rings (SSSR count). The third-order valence-electron chi connectivity index (χ3n) is 3.61. The van der Waals surface area contributed by atoms with Crippen LogP contribution < -0.4 is 4.90 Å². The molecule has 1 aliphatic heterocycles. The number of hydrogen-bond donors (Lipinski definition) is 0. The lowest BCUT2D eigenvalue weighted by molar-refractivity contribution is 0.615. The third-order valence-corrected chi connectivity index (χ3v) is 3.89. The molecule has 90 valence electrons. The maximum atomic E-state index is 9.07. The zero-order valence-electron chi connectivity index (χ0n) is 10.5. The van der Waals surface area contributed by atoms with Gasteiger partial charge in [0.1, 0.15) is 0 Å². The minimum Gasteiger partial charge on any atom is -0.366 e. The van der Waals surface area contributed by atoms with Crippen LogP contribution in [0.2, 0.25) is 5.02 Å². The molecule has 0 saturated carbocycles. The fourth-order valence-corrected chi connectivity index (χ4v) is 3.13. The molecule has 0 aromatic heterocycles. The lowest BCUT2D eigenvalue weighted by Crippen LogP contribution is -2.30. The van der Waals surface area contributed by atoms with E-state index in [1.165, 1.54) is 11.1 Å². The average Bonchev–Trinajstić information content (AvgIpc) is 2.59. The van der Waals surface area contributed by atoms with E-state index in [2.05, 4.69) is 30.9 Å². The number of halogens is 1. The smallest absolute Gasteiger partial charge is 0.0681 e. The molecule has 0 bridgehead atoms. The summed E-state index contributed by atoms with van der Waals surface area (Å²) >= 11 is 6.35. The van der Waals surface area contributed by atoms with Crippen LogP contribution in [-0.2, 0) is 0 Å². The molecule has 0 spiro atoms. The summed E-state index contributed by atoms with van der Waals surface area (Å²) in [7, 11) is 0. The first-order valence-electron chi connectivity index (χ1n) is 5.97. The molecule has 1 fully saturated rings. The molecular weight excluding hydrogens is 232 g/mol. The average molecular weight is 249 g/mol. The molecule has 0 aliphatic carbocycles. The van der Waals surface area contributed by atoms with Crippen LogP contribution in [0.25, 0.3) is 0 Å². The van der Waals surface area contributed by atoms with E-state index in [4.69, 9.17) is 16.9 Å². The molecule has 0 amide bonds. The van der Waals surface area contributed by atoms with Crippen LogP contribution in [0.5, 0.6) is 0 Å². The molecule has 2 atom stereocenters. The van der Waals surface area contributed by atoms with Gasteiger partial charge in [-0.2, -0.15) is 5.26 Å². The minimum atomic E-state index is 0.117. The zero-order valence-corrected chi connectivity index (χ0v) is 11.3. The van der Waals surface area contributed by atoms with Gasteiger partial charge in [0.2, 0.25) is 0 Å².